The Bertz CT molecular complexity index is 264. The molecule has 4 nitrogen and oxygen atoms in total. The number of rotatable bonds is 6. The van der Waals surface area contributed by atoms with Crippen molar-refractivity contribution in [3.8, 4) is 0 Å². The van der Waals surface area contributed by atoms with Crippen LogP contribution in [-0.2, 0) is 4.74 Å². The summed E-state index contributed by atoms with van der Waals surface area (Å²) < 4.78 is 5.41. The van der Waals surface area contributed by atoms with Gasteiger partial charge in [0.25, 0.3) is 0 Å². The van der Waals surface area contributed by atoms with Gasteiger partial charge in [0.15, 0.2) is 0 Å². The van der Waals surface area contributed by atoms with Crippen molar-refractivity contribution < 1.29 is 4.74 Å². The third-order valence-electron chi connectivity index (χ3n) is 4.71. The fourth-order valence-corrected chi connectivity index (χ4v) is 3.25. The molecule has 3 aliphatic rings. The largest absolute Gasteiger partial charge is 0.379 e. The Balaban J connectivity index is 1.32. The van der Waals surface area contributed by atoms with Gasteiger partial charge >= 0.3 is 0 Å². The highest BCUT2D eigenvalue weighted by Gasteiger charge is 2.24. The van der Waals surface area contributed by atoms with Crippen LogP contribution in [0.15, 0.2) is 0 Å². The molecule has 1 atom stereocenters. The van der Waals surface area contributed by atoms with Gasteiger partial charge in [-0.25, -0.2) is 0 Å². The molecule has 2 aliphatic heterocycles. The lowest BCUT2D eigenvalue weighted by molar-refractivity contribution is 0.0308. The van der Waals surface area contributed by atoms with Crippen LogP contribution in [-0.4, -0.2) is 74.9 Å². The smallest absolute Gasteiger partial charge is 0.0594 e. The summed E-state index contributed by atoms with van der Waals surface area (Å²) in [7, 11) is 0. The third-order valence-corrected chi connectivity index (χ3v) is 4.71. The second-order valence-electron chi connectivity index (χ2n) is 6.45. The van der Waals surface area contributed by atoms with E-state index in [2.05, 4.69) is 15.1 Å². The zero-order chi connectivity index (χ0) is 12.9. The van der Waals surface area contributed by atoms with Crippen molar-refractivity contribution in [1.29, 1.82) is 0 Å². The molecule has 1 saturated carbocycles. The number of nitrogens with one attached hydrogen (secondary N) is 1. The Hall–Kier alpha value is -0.160. The first-order chi connectivity index (χ1) is 9.40. The van der Waals surface area contributed by atoms with Crippen molar-refractivity contribution in [2.45, 2.75) is 31.7 Å². The van der Waals surface area contributed by atoms with Crippen LogP contribution in [0.4, 0.5) is 0 Å². The summed E-state index contributed by atoms with van der Waals surface area (Å²) in [5.41, 5.74) is 0. The number of piperidine rings is 1. The van der Waals surface area contributed by atoms with E-state index < -0.39 is 0 Å². The second kappa shape index (κ2) is 7.02. The van der Waals surface area contributed by atoms with Gasteiger partial charge in [0, 0.05) is 38.8 Å². The highest BCUT2D eigenvalue weighted by atomic mass is 16.5. The van der Waals surface area contributed by atoms with E-state index in [9.17, 15) is 0 Å². The zero-order valence-electron chi connectivity index (χ0n) is 12.1. The predicted octanol–water partition coefficient (Wildman–Crippen LogP) is 0.783. The molecule has 4 heteroatoms. The van der Waals surface area contributed by atoms with Crippen LogP contribution in [0.3, 0.4) is 0 Å². The van der Waals surface area contributed by atoms with Gasteiger partial charge in [0.05, 0.1) is 13.2 Å². The maximum Gasteiger partial charge on any atom is 0.0594 e. The quantitative estimate of drug-likeness (QED) is 0.770. The number of ether oxygens (including phenoxy) is 1. The first-order valence-corrected chi connectivity index (χ1v) is 8.16. The molecule has 1 N–H and O–H groups in total. The van der Waals surface area contributed by atoms with Crippen molar-refractivity contribution >= 4 is 0 Å². The first-order valence-electron chi connectivity index (χ1n) is 8.16. The minimum Gasteiger partial charge on any atom is -0.379 e. The van der Waals surface area contributed by atoms with Gasteiger partial charge in [-0.05, 0) is 44.7 Å². The molecule has 1 unspecified atom stereocenters. The molecule has 0 aromatic rings. The van der Waals surface area contributed by atoms with E-state index in [0.29, 0.717) is 0 Å². The summed E-state index contributed by atoms with van der Waals surface area (Å²) in [6.45, 7) is 10.4. The monoisotopic (exact) mass is 267 g/mol. The minimum atomic E-state index is 0.865. The molecule has 2 saturated heterocycles. The lowest BCUT2D eigenvalue weighted by Crippen LogP contribution is -2.45. The van der Waals surface area contributed by atoms with Crippen LogP contribution in [0.2, 0.25) is 0 Å². The molecule has 3 fully saturated rings. The lowest BCUT2D eigenvalue weighted by Gasteiger charge is -2.35. The Morgan fingerprint density at radius 1 is 0.947 bits per heavy atom. The second-order valence-corrected chi connectivity index (χ2v) is 6.45. The van der Waals surface area contributed by atoms with Crippen LogP contribution < -0.4 is 5.32 Å². The maximum atomic E-state index is 5.41. The van der Waals surface area contributed by atoms with Crippen LogP contribution >= 0.6 is 0 Å². The summed E-state index contributed by atoms with van der Waals surface area (Å²) >= 11 is 0. The van der Waals surface area contributed by atoms with Crippen molar-refractivity contribution in [3.63, 3.8) is 0 Å². The van der Waals surface area contributed by atoms with Gasteiger partial charge in [-0.2, -0.15) is 0 Å². The molecule has 3 rings (SSSR count). The highest BCUT2D eigenvalue weighted by molar-refractivity contribution is 4.83. The van der Waals surface area contributed by atoms with E-state index in [0.717, 1.165) is 38.3 Å². The molecule has 0 aromatic carbocycles. The van der Waals surface area contributed by atoms with Crippen LogP contribution in [0.1, 0.15) is 25.7 Å². The number of hydrogen-bond donors (Lipinski definition) is 1. The number of nitrogens with zero attached hydrogens (tertiary/aromatic N) is 2. The standard InChI is InChI=1S/C15H29N3O/c1-2-14(12-16-15-3-4-15)13-18(5-1)7-6-17-8-10-19-11-9-17/h14-16H,1-13H2. The molecular formula is C15H29N3O. The van der Waals surface area contributed by atoms with Gasteiger partial charge in [0.1, 0.15) is 0 Å². The van der Waals surface area contributed by atoms with Gasteiger partial charge in [-0.1, -0.05) is 0 Å². The summed E-state index contributed by atoms with van der Waals surface area (Å²) in [6, 6.07) is 0.865. The maximum absolute atomic E-state index is 5.41. The van der Waals surface area contributed by atoms with E-state index in [1.165, 1.54) is 58.4 Å². The molecule has 110 valence electrons. The predicted molar refractivity (Wildman–Crippen MR) is 77.4 cm³/mol. The SMILES string of the molecule is C1CC(CNC2CC2)CN(CCN2CCOCC2)C1. The molecule has 0 aromatic heterocycles. The summed E-state index contributed by atoms with van der Waals surface area (Å²) in [4.78, 5) is 5.23. The van der Waals surface area contributed by atoms with Crippen molar-refractivity contribution in [1.82, 2.24) is 15.1 Å². The van der Waals surface area contributed by atoms with Gasteiger partial charge in [-0.15, -0.1) is 0 Å². The minimum absolute atomic E-state index is 0.865. The van der Waals surface area contributed by atoms with E-state index >= 15 is 0 Å². The van der Waals surface area contributed by atoms with Crippen LogP contribution in [0, 0.1) is 5.92 Å². The van der Waals surface area contributed by atoms with Crippen molar-refractivity contribution in [2.75, 3.05) is 59.0 Å². The molecule has 0 spiro atoms. The summed E-state index contributed by atoms with van der Waals surface area (Å²) in [6.07, 6.45) is 5.63. The highest BCUT2D eigenvalue weighted by Crippen LogP contribution is 2.21. The normalized spacial score (nSPS) is 30.6. The number of morpholine rings is 1. The van der Waals surface area contributed by atoms with E-state index in [-0.39, 0.29) is 0 Å². The Labute approximate surface area is 117 Å². The summed E-state index contributed by atoms with van der Waals surface area (Å²) in [5, 5.41) is 3.70. The van der Waals surface area contributed by atoms with E-state index in [1.807, 2.05) is 0 Å². The molecule has 0 amide bonds. The average molecular weight is 267 g/mol. The van der Waals surface area contributed by atoms with Gasteiger partial charge in [0.2, 0.25) is 0 Å². The fraction of sp³-hybridized carbons (Fsp3) is 1.00. The Morgan fingerprint density at radius 3 is 2.53 bits per heavy atom. The van der Waals surface area contributed by atoms with E-state index in [1.54, 1.807) is 0 Å². The third kappa shape index (κ3) is 4.71. The number of hydrogen-bond acceptors (Lipinski definition) is 4. The van der Waals surface area contributed by atoms with Gasteiger partial charge < -0.3 is 15.0 Å². The van der Waals surface area contributed by atoms with Crippen molar-refractivity contribution in [3.05, 3.63) is 0 Å². The first kappa shape index (κ1) is 13.8. The molecule has 19 heavy (non-hydrogen) atoms. The fourth-order valence-electron chi connectivity index (χ4n) is 3.25. The Morgan fingerprint density at radius 2 is 1.74 bits per heavy atom. The van der Waals surface area contributed by atoms with Crippen molar-refractivity contribution in [2.24, 2.45) is 5.92 Å². The van der Waals surface area contributed by atoms with E-state index in [4.69, 9.17) is 4.74 Å². The molecule has 1 aliphatic carbocycles. The molecule has 0 bridgehead atoms. The molecule has 2 heterocycles. The van der Waals surface area contributed by atoms with Crippen LogP contribution in [0.5, 0.6) is 0 Å². The average Bonchev–Trinajstić information content (AvgIpc) is 3.29. The molecule has 0 radical (unpaired) electrons. The number of likely N-dealkylation sites (tertiary alicyclic amines) is 1. The van der Waals surface area contributed by atoms with Gasteiger partial charge in [-0.3, -0.25) is 4.90 Å². The van der Waals surface area contributed by atoms with Crippen LogP contribution in [0.25, 0.3) is 0 Å². The molecular weight excluding hydrogens is 238 g/mol. The Kier molecular flexibility index (Phi) is 5.10. The lowest BCUT2D eigenvalue weighted by atomic mass is 9.98. The topological polar surface area (TPSA) is 27.7 Å². The summed E-state index contributed by atoms with van der Waals surface area (Å²) in [5.74, 6) is 0.888. The zero-order valence-corrected chi connectivity index (χ0v) is 12.1.